The van der Waals surface area contributed by atoms with Gasteiger partial charge in [-0.25, -0.2) is 19.2 Å². The van der Waals surface area contributed by atoms with Gasteiger partial charge in [0.1, 0.15) is 21.9 Å². The Bertz CT molecular complexity index is 929. The van der Waals surface area contributed by atoms with Crippen LogP contribution >= 0.6 is 34.5 Å². The van der Waals surface area contributed by atoms with Crippen molar-refractivity contribution in [2.24, 2.45) is 4.99 Å². The molecule has 0 amide bonds. The van der Waals surface area contributed by atoms with E-state index in [1.54, 1.807) is 12.4 Å². The average Bonchev–Trinajstić information content (AvgIpc) is 3.02. The van der Waals surface area contributed by atoms with Gasteiger partial charge >= 0.3 is 6.16 Å². The van der Waals surface area contributed by atoms with Crippen molar-refractivity contribution in [1.29, 1.82) is 0 Å². The van der Waals surface area contributed by atoms with Crippen LogP contribution in [0.25, 0.3) is 0 Å². The zero-order valence-electron chi connectivity index (χ0n) is 13.5. The smallest absolute Gasteiger partial charge is 0.437 e. The number of nitrogens with one attached hydrogen (secondary N) is 1. The number of nitrogens with zero attached hydrogens (tertiary/aromatic N) is 2. The van der Waals surface area contributed by atoms with E-state index in [0.29, 0.717) is 27.1 Å². The van der Waals surface area contributed by atoms with Crippen molar-refractivity contribution in [2.45, 2.75) is 13.0 Å². The molecule has 0 spiro atoms. The van der Waals surface area contributed by atoms with Crippen LogP contribution in [0.4, 0.5) is 9.18 Å². The van der Waals surface area contributed by atoms with Crippen LogP contribution < -0.4 is 5.32 Å². The molecule has 1 aliphatic heterocycles. The van der Waals surface area contributed by atoms with Crippen LogP contribution in [0.1, 0.15) is 24.2 Å². The summed E-state index contributed by atoms with van der Waals surface area (Å²) < 4.78 is 23.7. The van der Waals surface area contributed by atoms with Crippen LogP contribution in [0.2, 0.25) is 9.36 Å². The number of aliphatic imine (C=N–C) groups is 1. The molecule has 0 fully saturated rings. The molecule has 10 heteroatoms. The lowest BCUT2D eigenvalue weighted by Gasteiger charge is -2.26. The number of aromatic nitrogens is 1. The second kappa shape index (κ2) is 7.61. The summed E-state index contributed by atoms with van der Waals surface area (Å²) in [5.74, 6) is 0.0763. The number of ether oxygens (including phenoxy) is 2. The van der Waals surface area contributed by atoms with Gasteiger partial charge < -0.3 is 14.8 Å². The molecular formula is C16H12Cl2FN3O3S. The molecule has 2 heterocycles. The predicted octanol–water partition coefficient (Wildman–Crippen LogP) is 4.69. The number of methoxy groups -OCH3 is 1. The average molecular weight is 416 g/mol. The normalized spacial score (nSPS) is 16.8. The monoisotopic (exact) mass is 415 g/mol. The highest BCUT2D eigenvalue weighted by Gasteiger charge is 2.31. The maximum Gasteiger partial charge on any atom is 0.513 e. The second-order valence-corrected chi connectivity index (χ2v) is 7.06. The molecule has 1 N–H and O–H groups in total. The number of hydrogen-bond acceptors (Lipinski definition) is 7. The molecule has 0 radical (unpaired) electrons. The summed E-state index contributed by atoms with van der Waals surface area (Å²) in [5, 5.41) is 3.15. The fraction of sp³-hybridized carbons (Fsp3) is 0.188. The number of thiazole rings is 1. The first-order chi connectivity index (χ1) is 12.4. The van der Waals surface area contributed by atoms with Gasteiger partial charge in [-0.1, -0.05) is 29.3 Å². The number of amidine groups is 1. The highest BCUT2D eigenvalue weighted by Crippen LogP contribution is 2.37. The van der Waals surface area contributed by atoms with Gasteiger partial charge in [-0.05, 0) is 19.1 Å². The van der Waals surface area contributed by atoms with Crippen molar-refractivity contribution in [1.82, 2.24) is 10.3 Å². The predicted molar refractivity (Wildman–Crippen MR) is 97.1 cm³/mol. The molecule has 1 aromatic heterocycles. The van der Waals surface area contributed by atoms with E-state index >= 15 is 0 Å². The number of rotatable bonds is 3. The third-order valence-electron chi connectivity index (χ3n) is 3.55. The van der Waals surface area contributed by atoms with Crippen LogP contribution in [-0.2, 0) is 9.47 Å². The first-order valence-electron chi connectivity index (χ1n) is 7.26. The van der Waals surface area contributed by atoms with E-state index in [-0.39, 0.29) is 10.8 Å². The Labute approximate surface area is 162 Å². The Kier molecular flexibility index (Phi) is 5.45. The highest BCUT2D eigenvalue weighted by atomic mass is 35.5. The summed E-state index contributed by atoms with van der Waals surface area (Å²) >= 11 is 13.6. The van der Waals surface area contributed by atoms with Crippen LogP contribution in [0.5, 0.6) is 0 Å². The molecule has 0 saturated heterocycles. The quantitative estimate of drug-likeness (QED) is 0.735. The fourth-order valence-electron chi connectivity index (χ4n) is 2.37. The number of benzene rings is 1. The van der Waals surface area contributed by atoms with Crippen molar-refractivity contribution in [3.8, 4) is 0 Å². The largest absolute Gasteiger partial charge is 0.513 e. The van der Waals surface area contributed by atoms with Gasteiger partial charge in [0.15, 0.2) is 11.6 Å². The fourth-order valence-corrected chi connectivity index (χ4v) is 3.41. The van der Waals surface area contributed by atoms with Crippen LogP contribution in [-0.4, -0.2) is 24.1 Å². The lowest BCUT2D eigenvalue weighted by atomic mass is 10.0. The molecular weight excluding hydrogens is 404 g/mol. The van der Waals surface area contributed by atoms with Crippen molar-refractivity contribution >= 4 is 46.5 Å². The molecule has 1 atom stereocenters. The summed E-state index contributed by atoms with van der Waals surface area (Å²) in [5.41, 5.74) is 2.99. The standard InChI is InChI=1S/C16H12Cl2FN3O3S/c1-7-13(25-16(23)24-2)11(9-4-3-8(19)5-10(9)17)22-15(21-7)12-14(18)26-6-20-12/h3-6,11H,1-2H3,(H,21,22). The number of allylic oxidation sites excluding steroid dienone is 1. The number of carbonyl (C=O) groups excluding carboxylic acids is 1. The molecule has 1 unspecified atom stereocenters. The van der Waals surface area contributed by atoms with Gasteiger partial charge in [0.2, 0.25) is 0 Å². The lowest BCUT2D eigenvalue weighted by molar-refractivity contribution is 0.0913. The Morgan fingerprint density at radius 2 is 2.15 bits per heavy atom. The van der Waals surface area contributed by atoms with E-state index in [0.717, 1.165) is 6.07 Å². The molecule has 136 valence electrons. The maximum atomic E-state index is 13.4. The molecule has 0 bridgehead atoms. The number of halogens is 3. The zero-order valence-corrected chi connectivity index (χ0v) is 15.9. The van der Waals surface area contributed by atoms with E-state index in [2.05, 4.69) is 20.0 Å². The van der Waals surface area contributed by atoms with Gasteiger partial charge in [0, 0.05) is 10.6 Å². The van der Waals surface area contributed by atoms with Gasteiger partial charge in [-0.3, -0.25) is 0 Å². The molecule has 1 aliphatic rings. The molecule has 6 nitrogen and oxygen atoms in total. The van der Waals surface area contributed by atoms with Crippen molar-refractivity contribution in [3.63, 3.8) is 0 Å². The molecule has 1 aromatic carbocycles. The molecule has 2 aromatic rings. The van der Waals surface area contributed by atoms with Crippen molar-refractivity contribution < 1.29 is 18.7 Å². The third-order valence-corrected chi connectivity index (χ3v) is 4.93. The minimum absolute atomic E-state index is 0.142. The lowest BCUT2D eigenvalue weighted by Crippen LogP contribution is -2.31. The number of hydrogen-bond donors (Lipinski definition) is 1. The van der Waals surface area contributed by atoms with Gasteiger partial charge in [-0.2, -0.15) is 0 Å². The van der Waals surface area contributed by atoms with Crippen LogP contribution in [0, 0.1) is 5.82 Å². The van der Waals surface area contributed by atoms with Gasteiger partial charge in [0.05, 0.1) is 18.3 Å². The Hall–Kier alpha value is -2.16. The summed E-state index contributed by atoms with van der Waals surface area (Å²) in [6.45, 7) is 1.69. The molecule has 0 aliphatic carbocycles. The second-order valence-electron chi connectivity index (χ2n) is 5.19. The maximum absolute atomic E-state index is 13.4. The van der Waals surface area contributed by atoms with Crippen molar-refractivity contribution in [2.75, 3.05) is 7.11 Å². The summed E-state index contributed by atoms with van der Waals surface area (Å²) in [4.78, 5) is 20.3. The van der Waals surface area contributed by atoms with E-state index in [9.17, 15) is 9.18 Å². The number of carbonyl (C=O) groups is 1. The molecule has 26 heavy (non-hydrogen) atoms. The van der Waals surface area contributed by atoms with E-state index < -0.39 is 18.0 Å². The summed E-state index contributed by atoms with van der Waals surface area (Å²) in [6.07, 6.45) is -0.908. The van der Waals surface area contributed by atoms with E-state index in [1.165, 1.54) is 30.6 Å². The first kappa shape index (κ1) is 18.6. The minimum Gasteiger partial charge on any atom is -0.437 e. The van der Waals surface area contributed by atoms with E-state index in [4.69, 9.17) is 27.9 Å². The van der Waals surface area contributed by atoms with Crippen molar-refractivity contribution in [3.05, 3.63) is 61.6 Å². The summed E-state index contributed by atoms with van der Waals surface area (Å²) in [7, 11) is 1.19. The van der Waals surface area contributed by atoms with E-state index in [1.807, 2.05) is 0 Å². The molecule has 3 rings (SSSR count). The first-order valence-corrected chi connectivity index (χ1v) is 8.90. The topological polar surface area (TPSA) is 72.8 Å². The van der Waals surface area contributed by atoms with Gasteiger partial charge in [0.25, 0.3) is 0 Å². The Morgan fingerprint density at radius 1 is 1.38 bits per heavy atom. The Balaban J connectivity index is 2.10. The molecule has 0 saturated carbocycles. The van der Waals surface area contributed by atoms with Gasteiger partial charge in [-0.15, -0.1) is 11.3 Å². The zero-order chi connectivity index (χ0) is 18.8. The highest BCUT2D eigenvalue weighted by molar-refractivity contribution is 7.14. The third kappa shape index (κ3) is 3.67. The SMILES string of the molecule is COC(=O)OC1=C(C)NC(c2ncsc2Cl)=NC1c1ccc(F)cc1Cl. The van der Waals surface area contributed by atoms with Crippen LogP contribution in [0.3, 0.4) is 0 Å². The Morgan fingerprint density at radius 3 is 2.77 bits per heavy atom. The minimum atomic E-state index is -0.908. The summed E-state index contributed by atoms with van der Waals surface area (Å²) in [6, 6.07) is 3.08. The van der Waals surface area contributed by atoms with Crippen LogP contribution in [0.15, 0.2) is 40.2 Å².